The lowest BCUT2D eigenvalue weighted by Gasteiger charge is -2.31. The fourth-order valence-corrected chi connectivity index (χ4v) is 3.60. The fourth-order valence-electron chi connectivity index (χ4n) is 3.60. The van der Waals surface area contributed by atoms with Gasteiger partial charge >= 0.3 is 12.1 Å². The third kappa shape index (κ3) is 7.62. The van der Waals surface area contributed by atoms with Crippen LogP contribution in [0.4, 0.5) is 9.18 Å². The van der Waals surface area contributed by atoms with Crippen LogP contribution in [0.2, 0.25) is 0 Å². The van der Waals surface area contributed by atoms with E-state index >= 15 is 0 Å². The van der Waals surface area contributed by atoms with Gasteiger partial charge in [-0.05, 0) is 69.7 Å². The zero-order valence-electron chi connectivity index (χ0n) is 19.8. The van der Waals surface area contributed by atoms with Gasteiger partial charge in [-0.1, -0.05) is 40.2 Å². The van der Waals surface area contributed by atoms with Crippen LogP contribution in [0.25, 0.3) is 0 Å². The number of nitrogens with one attached hydrogen (secondary N) is 1. The molecule has 0 aliphatic heterocycles. The molecule has 30 heavy (non-hydrogen) atoms. The molecule has 0 radical (unpaired) electrons. The van der Waals surface area contributed by atoms with Gasteiger partial charge in [-0.3, -0.25) is 0 Å². The van der Waals surface area contributed by atoms with E-state index in [1.165, 1.54) is 12.1 Å². The summed E-state index contributed by atoms with van der Waals surface area (Å²) in [6.07, 6.45) is -0.407. The van der Waals surface area contributed by atoms with Crippen molar-refractivity contribution in [1.82, 2.24) is 5.32 Å². The monoisotopic (exact) mass is 423 g/mol. The third-order valence-electron chi connectivity index (χ3n) is 5.26. The SMILES string of the molecule is CC[C@H](C)[C@H](NC(=O)OC(C)(C)C)C(=O)O[C@@H](C)[C@H](c1ccc(F)cc1C)C(C)C. The number of ether oxygens (including phenoxy) is 2. The van der Waals surface area contributed by atoms with E-state index in [2.05, 4.69) is 5.32 Å². The second-order valence-electron chi connectivity index (χ2n) is 9.42. The van der Waals surface area contributed by atoms with E-state index in [9.17, 15) is 14.0 Å². The number of esters is 1. The van der Waals surface area contributed by atoms with Crippen molar-refractivity contribution < 1.29 is 23.5 Å². The van der Waals surface area contributed by atoms with Crippen LogP contribution in [-0.2, 0) is 14.3 Å². The number of rotatable bonds is 8. The minimum absolute atomic E-state index is 0.103. The first kappa shape index (κ1) is 25.9. The number of hydrogen-bond donors (Lipinski definition) is 1. The van der Waals surface area contributed by atoms with Gasteiger partial charge < -0.3 is 14.8 Å². The lowest BCUT2D eigenvalue weighted by Crippen LogP contribution is -2.48. The average Bonchev–Trinajstić information content (AvgIpc) is 2.59. The van der Waals surface area contributed by atoms with E-state index < -0.39 is 29.8 Å². The molecule has 0 spiro atoms. The highest BCUT2D eigenvalue weighted by molar-refractivity contribution is 5.82. The first-order chi connectivity index (χ1) is 13.8. The summed E-state index contributed by atoms with van der Waals surface area (Å²) >= 11 is 0. The number of alkyl carbamates (subject to hydrolysis) is 1. The van der Waals surface area contributed by atoms with Crippen molar-refractivity contribution in [2.75, 3.05) is 0 Å². The van der Waals surface area contributed by atoms with Crippen LogP contribution in [0.5, 0.6) is 0 Å². The second-order valence-corrected chi connectivity index (χ2v) is 9.42. The van der Waals surface area contributed by atoms with Crippen LogP contribution in [-0.4, -0.2) is 29.8 Å². The van der Waals surface area contributed by atoms with Gasteiger partial charge in [0.05, 0.1) is 0 Å². The van der Waals surface area contributed by atoms with Gasteiger partial charge in [-0.2, -0.15) is 0 Å². The smallest absolute Gasteiger partial charge is 0.408 e. The maximum atomic E-state index is 13.6. The molecular formula is C24H38FNO4. The summed E-state index contributed by atoms with van der Waals surface area (Å²) in [4.78, 5) is 25.2. The highest BCUT2D eigenvalue weighted by Crippen LogP contribution is 2.32. The first-order valence-corrected chi connectivity index (χ1v) is 10.7. The Morgan fingerprint density at radius 1 is 1.13 bits per heavy atom. The van der Waals surface area contributed by atoms with Gasteiger partial charge in [0.15, 0.2) is 0 Å². The standard InChI is InChI=1S/C24H38FNO4/c1-10-15(4)21(26-23(28)30-24(7,8)9)22(27)29-17(6)20(14(2)3)19-12-11-18(25)13-16(19)5/h11-15,17,20-21H,10H2,1-9H3,(H,26,28)/t15-,17-,20+,21-/m0/s1. The summed E-state index contributed by atoms with van der Waals surface area (Å²) in [5, 5.41) is 2.67. The molecule has 170 valence electrons. The molecule has 0 aromatic heterocycles. The van der Waals surface area contributed by atoms with Crippen molar-refractivity contribution in [3.63, 3.8) is 0 Å². The summed E-state index contributed by atoms with van der Waals surface area (Å²) in [6.45, 7) is 16.9. The minimum atomic E-state index is -0.811. The van der Waals surface area contributed by atoms with Gasteiger partial charge in [0.2, 0.25) is 0 Å². The maximum absolute atomic E-state index is 13.6. The minimum Gasteiger partial charge on any atom is -0.460 e. The molecule has 0 bridgehead atoms. The number of aryl methyl sites for hydroxylation is 1. The van der Waals surface area contributed by atoms with Crippen LogP contribution in [0.3, 0.4) is 0 Å². The van der Waals surface area contributed by atoms with E-state index in [1.807, 2.05) is 41.5 Å². The highest BCUT2D eigenvalue weighted by Gasteiger charge is 2.33. The van der Waals surface area contributed by atoms with Crippen molar-refractivity contribution in [2.45, 2.75) is 92.4 Å². The summed E-state index contributed by atoms with van der Waals surface area (Å²) in [5.41, 5.74) is 1.11. The molecule has 1 aromatic carbocycles. The molecule has 4 atom stereocenters. The van der Waals surface area contributed by atoms with Crippen LogP contribution in [0, 0.1) is 24.6 Å². The molecule has 0 aliphatic rings. The van der Waals surface area contributed by atoms with Gasteiger partial charge in [0.1, 0.15) is 23.6 Å². The number of carbonyl (C=O) groups excluding carboxylic acids is 2. The molecule has 0 fully saturated rings. The highest BCUT2D eigenvalue weighted by atomic mass is 19.1. The first-order valence-electron chi connectivity index (χ1n) is 10.7. The lowest BCUT2D eigenvalue weighted by atomic mass is 9.82. The average molecular weight is 424 g/mol. The zero-order valence-corrected chi connectivity index (χ0v) is 19.8. The number of carbonyl (C=O) groups is 2. The summed E-state index contributed by atoms with van der Waals surface area (Å²) < 4.78 is 24.7. The Balaban J connectivity index is 3.03. The quantitative estimate of drug-likeness (QED) is 0.541. The van der Waals surface area contributed by atoms with E-state index in [0.717, 1.165) is 11.1 Å². The number of hydrogen-bond acceptors (Lipinski definition) is 4. The summed E-state index contributed by atoms with van der Waals surface area (Å²) in [7, 11) is 0. The molecule has 5 nitrogen and oxygen atoms in total. The Bertz CT molecular complexity index is 726. The molecule has 0 heterocycles. The van der Waals surface area contributed by atoms with Crippen molar-refractivity contribution in [3.8, 4) is 0 Å². The molecule has 0 unspecified atom stereocenters. The number of halogens is 1. The molecule has 1 aromatic rings. The Morgan fingerprint density at radius 2 is 1.73 bits per heavy atom. The van der Waals surface area contributed by atoms with E-state index in [4.69, 9.17) is 9.47 Å². The molecule has 1 amide bonds. The maximum Gasteiger partial charge on any atom is 0.408 e. The Labute approximate surface area is 180 Å². The molecule has 1 rings (SSSR count). The largest absolute Gasteiger partial charge is 0.460 e. The molecule has 1 N–H and O–H groups in total. The fraction of sp³-hybridized carbons (Fsp3) is 0.667. The normalized spacial score (nSPS) is 15.8. The van der Waals surface area contributed by atoms with Crippen molar-refractivity contribution >= 4 is 12.1 Å². The van der Waals surface area contributed by atoms with Gasteiger partial charge in [-0.15, -0.1) is 0 Å². The Morgan fingerprint density at radius 3 is 2.20 bits per heavy atom. The van der Waals surface area contributed by atoms with E-state index in [-0.39, 0.29) is 23.6 Å². The Kier molecular flexibility index (Phi) is 9.32. The van der Waals surface area contributed by atoms with E-state index in [1.54, 1.807) is 26.8 Å². The number of benzene rings is 1. The van der Waals surface area contributed by atoms with Crippen LogP contribution in [0.15, 0.2) is 18.2 Å². The third-order valence-corrected chi connectivity index (χ3v) is 5.26. The molecule has 0 saturated carbocycles. The lowest BCUT2D eigenvalue weighted by molar-refractivity contribution is -0.154. The second kappa shape index (κ2) is 10.8. The zero-order chi connectivity index (χ0) is 23.2. The molecule has 0 aliphatic carbocycles. The molecular weight excluding hydrogens is 385 g/mol. The van der Waals surface area contributed by atoms with Crippen LogP contribution in [0.1, 0.15) is 78.9 Å². The Hall–Kier alpha value is -2.11. The predicted molar refractivity (Wildman–Crippen MR) is 117 cm³/mol. The molecule has 6 heteroatoms. The molecule has 0 saturated heterocycles. The van der Waals surface area contributed by atoms with Crippen molar-refractivity contribution in [2.24, 2.45) is 11.8 Å². The van der Waals surface area contributed by atoms with E-state index in [0.29, 0.717) is 6.42 Å². The summed E-state index contributed by atoms with van der Waals surface area (Å²) in [6, 6.07) is 3.86. The van der Waals surface area contributed by atoms with Gasteiger partial charge in [0, 0.05) is 5.92 Å². The predicted octanol–water partition coefficient (Wildman–Crippen LogP) is 5.74. The number of amides is 1. The van der Waals surface area contributed by atoms with Gasteiger partial charge in [0.25, 0.3) is 0 Å². The summed E-state index contributed by atoms with van der Waals surface area (Å²) in [5.74, 6) is -0.844. The van der Waals surface area contributed by atoms with Gasteiger partial charge in [-0.25, -0.2) is 14.0 Å². The van der Waals surface area contributed by atoms with Crippen molar-refractivity contribution in [3.05, 3.63) is 35.1 Å². The van der Waals surface area contributed by atoms with Crippen LogP contribution < -0.4 is 5.32 Å². The van der Waals surface area contributed by atoms with Crippen molar-refractivity contribution in [1.29, 1.82) is 0 Å². The topological polar surface area (TPSA) is 64.6 Å². The van der Waals surface area contributed by atoms with Crippen LogP contribution >= 0.6 is 0 Å².